The van der Waals surface area contributed by atoms with Crippen LogP contribution in [0.15, 0.2) is 12.3 Å². The van der Waals surface area contributed by atoms with Crippen LogP contribution >= 0.6 is 0 Å². The van der Waals surface area contributed by atoms with Gasteiger partial charge in [-0.1, -0.05) is 6.42 Å². The van der Waals surface area contributed by atoms with Crippen LogP contribution in [0.1, 0.15) is 29.8 Å². The van der Waals surface area contributed by atoms with E-state index < -0.39 is 0 Å². The highest BCUT2D eigenvalue weighted by molar-refractivity contribution is 5.99. The summed E-state index contributed by atoms with van der Waals surface area (Å²) in [6, 6.07) is 1.76. The van der Waals surface area contributed by atoms with E-state index in [0.29, 0.717) is 12.2 Å². The van der Waals surface area contributed by atoms with E-state index in [1.165, 1.54) is 0 Å². The summed E-state index contributed by atoms with van der Waals surface area (Å²) in [4.78, 5) is 12.1. The lowest BCUT2D eigenvalue weighted by Crippen LogP contribution is -2.45. The Bertz CT molecular complexity index is 346. The van der Waals surface area contributed by atoms with Gasteiger partial charge in [-0.3, -0.25) is 9.48 Å². The summed E-state index contributed by atoms with van der Waals surface area (Å²) in [7, 11) is 1.79. The standard InChI is InChI=1S/C10H15N3O/c1-13-8(3-6-12-13)9(14)10(7-11)4-2-5-10/h3,6H,2,4-5,7,11H2,1H3. The average Bonchev–Trinajstić information content (AvgIpc) is 2.50. The maximum atomic E-state index is 12.1. The van der Waals surface area contributed by atoms with Gasteiger partial charge in [-0.2, -0.15) is 5.10 Å². The Morgan fingerprint density at radius 1 is 1.71 bits per heavy atom. The highest BCUT2D eigenvalue weighted by Crippen LogP contribution is 2.42. The molecule has 1 saturated carbocycles. The van der Waals surface area contributed by atoms with Crippen LogP contribution < -0.4 is 5.73 Å². The minimum absolute atomic E-state index is 0.159. The third-order valence-corrected chi connectivity index (χ3v) is 3.24. The first kappa shape index (κ1) is 9.40. The zero-order valence-electron chi connectivity index (χ0n) is 8.36. The predicted molar refractivity (Wildman–Crippen MR) is 52.9 cm³/mol. The van der Waals surface area contributed by atoms with E-state index in [1.807, 2.05) is 0 Å². The molecule has 0 aliphatic heterocycles. The molecule has 76 valence electrons. The first-order valence-corrected chi connectivity index (χ1v) is 4.92. The number of carbonyl (C=O) groups excluding carboxylic acids is 1. The maximum absolute atomic E-state index is 12.1. The second-order valence-corrected chi connectivity index (χ2v) is 4.01. The van der Waals surface area contributed by atoms with Crippen molar-refractivity contribution in [1.82, 2.24) is 9.78 Å². The highest BCUT2D eigenvalue weighted by Gasteiger charge is 2.43. The number of aryl methyl sites for hydroxylation is 1. The number of nitrogens with zero attached hydrogens (tertiary/aromatic N) is 2. The Morgan fingerprint density at radius 2 is 2.43 bits per heavy atom. The smallest absolute Gasteiger partial charge is 0.188 e. The molecule has 0 bridgehead atoms. The van der Waals surface area contributed by atoms with Gasteiger partial charge in [-0.25, -0.2) is 0 Å². The van der Waals surface area contributed by atoms with Crippen LogP contribution in [0, 0.1) is 5.41 Å². The first-order chi connectivity index (χ1) is 6.69. The van der Waals surface area contributed by atoms with Crippen molar-refractivity contribution in [2.75, 3.05) is 6.54 Å². The van der Waals surface area contributed by atoms with Crippen molar-refractivity contribution in [2.45, 2.75) is 19.3 Å². The van der Waals surface area contributed by atoms with Crippen LogP contribution in [-0.2, 0) is 7.05 Å². The van der Waals surface area contributed by atoms with Crippen molar-refractivity contribution in [3.63, 3.8) is 0 Å². The second-order valence-electron chi connectivity index (χ2n) is 4.01. The molecule has 0 radical (unpaired) electrons. The third-order valence-electron chi connectivity index (χ3n) is 3.24. The molecule has 14 heavy (non-hydrogen) atoms. The molecule has 2 rings (SSSR count). The van der Waals surface area contributed by atoms with E-state index in [2.05, 4.69) is 5.10 Å². The summed E-state index contributed by atoms with van der Waals surface area (Å²) in [5.41, 5.74) is 6.07. The van der Waals surface area contributed by atoms with E-state index in [0.717, 1.165) is 19.3 Å². The number of rotatable bonds is 3. The van der Waals surface area contributed by atoms with Gasteiger partial charge < -0.3 is 5.73 Å². The van der Waals surface area contributed by atoms with Gasteiger partial charge in [-0.05, 0) is 18.9 Å². The molecule has 1 aliphatic carbocycles. The van der Waals surface area contributed by atoms with E-state index in [9.17, 15) is 4.79 Å². The number of Topliss-reactive ketones (excluding diaryl/α,β-unsaturated/α-hetero) is 1. The quantitative estimate of drug-likeness (QED) is 0.720. The Balaban J connectivity index is 2.27. The summed E-state index contributed by atoms with van der Waals surface area (Å²) in [5, 5.41) is 4.00. The van der Waals surface area contributed by atoms with Gasteiger partial charge in [0.25, 0.3) is 0 Å². The molecule has 0 amide bonds. The molecular formula is C10H15N3O. The number of hydrogen-bond acceptors (Lipinski definition) is 3. The van der Waals surface area contributed by atoms with Gasteiger partial charge >= 0.3 is 0 Å². The van der Waals surface area contributed by atoms with Crippen LogP contribution in [0.4, 0.5) is 0 Å². The fourth-order valence-corrected chi connectivity index (χ4v) is 2.00. The van der Waals surface area contributed by atoms with Gasteiger partial charge in [0.15, 0.2) is 5.78 Å². The Labute approximate surface area is 83.1 Å². The zero-order chi connectivity index (χ0) is 10.2. The number of hydrogen-bond donors (Lipinski definition) is 1. The van der Waals surface area contributed by atoms with Crippen LogP contribution in [0.3, 0.4) is 0 Å². The Morgan fingerprint density at radius 3 is 2.79 bits per heavy atom. The van der Waals surface area contributed by atoms with Crippen LogP contribution in [0.25, 0.3) is 0 Å². The van der Waals surface area contributed by atoms with Crippen molar-refractivity contribution in [3.05, 3.63) is 18.0 Å². The first-order valence-electron chi connectivity index (χ1n) is 4.92. The van der Waals surface area contributed by atoms with Crippen molar-refractivity contribution in [1.29, 1.82) is 0 Å². The van der Waals surface area contributed by atoms with Crippen molar-refractivity contribution >= 4 is 5.78 Å². The predicted octanol–water partition coefficient (Wildman–Crippen LogP) is 0.732. The minimum atomic E-state index is -0.284. The second kappa shape index (κ2) is 3.20. The average molecular weight is 193 g/mol. The lowest BCUT2D eigenvalue weighted by molar-refractivity contribution is 0.0625. The summed E-state index contributed by atoms with van der Waals surface area (Å²) < 4.78 is 1.62. The van der Waals surface area contributed by atoms with Crippen molar-refractivity contribution in [3.8, 4) is 0 Å². The molecule has 2 N–H and O–H groups in total. The lowest BCUT2D eigenvalue weighted by atomic mass is 9.65. The molecule has 1 aliphatic rings. The largest absolute Gasteiger partial charge is 0.329 e. The molecule has 4 nitrogen and oxygen atoms in total. The molecule has 0 unspecified atom stereocenters. The number of aromatic nitrogens is 2. The lowest BCUT2D eigenvalue weighted by Gasteiger charge is -2.39. The molecule has 1 aromatic rings. The van der Waals surface area contributed by atoms with Gasteiger partial charge in [0.05, 0.1) is 0 Å². The number of nitrogens with two attached hydrogens (primary N) is 1. The number of carbonyl (C=O) groups is 1. The van der Waals surface area contributed by atoms with Crippen molar-refractivity contribution in [2.24, 2.45) is 18.2 Å². The van der Waals surface area contributed by atoms with Crippen LogP contribution in [0.2, 0.25) is 0 Å². The molecule has 0 spiro atoms. The zero-order valence-corrected chi connectivity index (χ0v) is 8.36. The molecule has 4 heteroatoms. The Kier molecular flexibility index (Phi) is 2.15. The fraction of sp³-hybridized carbons (Fsp3) is 0.600. The monoisotopic (exact) mass is 193 g/mol. The summed E-state index contributed by atoms with van der Waals surface area (Å²) in [6.07, 6.45) is 4.61. The molecule has 0 saturated heterocycles. The molecular weight excluding hydrogens is 178 g/mol. The number of ketones is 1. The summed E-state index contributed by atoms with van der Waals surface area (Å²) >= 11 is 0. The highest BCUT2D eigenvalue weighted by atomic mass is 16.1. The topological polar surface area (TPSA) is 60.9 Å². The molecule has 1 fully saturated rings. The minimum Gasteiger partial charge on any atom is -0.329 e. The third kappa shape index (κ3) is 1.18. The van der Waals surface area contributed by atoms with Gasteiger partial charge in [0.1, 0.15) is 5.69 Å². The SMILES string of the molecule is Cn1nccc1C(=O)C1(CN)CCC1. The van der Waals surface area contributed by atoms with E-state index >= 15 is 0 Å². The van der Waals surface area contributed by atoms with E-state index in [4.69, 9.17) is 5.73 Å². The van der Waals surface area contributed by atoms with Crippen LogP contribution in [-0.4, -0.2) is 22.1 Å². The molecule has 1 aromatic heterocycles. The van der Waals surface area contributed by atoms with Gasteiger partial charge in [-0.15, -0.1) is 0 Å². The maximum Gasteiger partial charge on any atom is 0.188 e. The molecule has 1 heterocycles. The summed E-state index contributed by atoms with van der Waals surface area (Å²) in [5.74, 6) is 0.159. The molecule has 0 aromatic carbocycles. The Hall–Kier alpha value is -1.16. The molecule has 0 atom stereocenters. The van der Waals surface area contributed by atoms with Gasteiger partial charge in [0.2, 0.25) is 0 Å². The van der Waals surface area contributed by atoms with Crippen LogP contribution in [0.5, 0.6) is 0 Å². The summed E-state index contributed by atoms with van der Waals surface area (Å²) in [6.45, 7) is 0.455. The van der Waals surface area contributed by atoms with E-state index in [1.54, 1.807) is 24.0 Å². The normalized spacial score (nSPS) is 19.0. The van der Waals surface area contributed by atoms with E-state index in [-0.39, 0.29) is 11.2 Å². The fourth-order valence-electron chi connectivity index (χ4n) is 2.00. The van der Waals surface area contributed by atoms with Crippen molar-refractivity contribution < 1.29 is 4.79 Å². The van der Waals surface area contributed by atoms with Gasteiger partial charge in [0, 0.05) is 25.2 Å².